The van der Waals surface area contributed by atoms with Crippen molar-refractivity contribution in [2.45, 2.75) is 57.4 Å². The summed E-state index contributed by atoms with van der Waals surface area (Å²) in [5, 5.41) is 22.3. The zero-order valence-corrected chi connectivity index (χ0v) is 17.2. The van der Waals surface area contributed by atoms with Crippen LogP contribution >= 0.6 is 0 Å². The van der Waals surface area contributed by atoms with Gasteiger partial charge in [0.2, 0.25) is 0 Å². The summed E-state index contributed by atoms with van der Waals surface area (Å²) in [6.45, 7) is 3.77. The van der Waals surface area contributed by atoms with E-state index in [1.165, 1.54) is 0 Å². The van der Waals surface area contributed by atoms with Crippen LogP contribution in [0.25, 0.3) is 22.4 Å². The van der Waals surface area contributed by atoms with Crippen molar-refractivity contribution in [1.29, 1.82) is 0 Å². The highest BCUT2D eigenvalue weighted by molar-refractivity contribution is 5.84. The van der Waals surface area contributed by atoms with Gasteiger partial charge in [-0.05, 0) is 39.2 Å². The van der Waals surface area contributed by atoms with Crippen molar-refractivity contribution in [3.63, 3.8) is 0 Å². The smallest absolute Gasteiger partial charge is 0.185 e. The standard InChI is InChI=1S/C21H24FN7O/c1-10-11(2)25-16-8-18(30)13(7-15(16)24-10)21-23-9-19(27-28-21)29(3)17-6-12-4-5-14(26-12)20(17)22/h7-9,12,14,17,20,26,30H,4-6H2,1-3H3/t12-,14?,17-,20+/m1/s1. The molecule has 3 aromatic rings. The highest BCUT2D eigenvalue weighted by atomic mass is 19.1. The molecule has 0 radical (unpaired) electrons. The van der Waals surface area contributed by atoms with Gasteiger partial charge in [-0.15, -0.1) is 10.2 Å². The van der Waals surface area contributed by atoms with E-state index in [0.29, 0.717) is 28.5 Å². The van der Waals surface area contributed by atoms with Gasteiger partial charge in [0, 0.05) is 25.2 Å². The van der Waals surface area contributed by atoms with Gasteiger partial charge in [-0.25, -0.2) is 19.3 Å². The van der Waals surface area contributed by atoms with Crippen molar-refractivity contribution in [1.82, 2.24) is 30.5 Å². The lowest BCUT2D eigenvalue weighted by atomic mass is 9.96. The molecule has 4 atom stereocenters. The van der Waals surface area contributed by atoms with Crippen LogP contribution in [0, 0.1) is 13.8 Å². The molecule has 9 heteroatoms. The molecule has 0 saturated carbocycles. The van der Waals surface area contributed by atoms with Crippen LogP contribution in [-0.4, -0.2) is 61.6 Å². The van der Waals surface area contributed by atoms with Gasteiger partial charge in [0.1, 0.15) is 11.9 Å². The third kappa shape index (κ3) is 3.13. The predicted octanol–water partition coefficient (Wildman–Crippen LogP) is 2.47. The molecule has 2 aromatic heterocycles. The maximum Gasteiger partial charge on any atom is 0.185 e. The zero-order chi connectivity index (χ0) is 21.0. The second-order valence-electron chi connectivity index (χ2n) is 8.30. The lowest BCUT2D eigenvalue weighted by Gasteiger charge is -2.38. The molecule has 2 saturated heterocycles. The molecule has 4 heterocycles. The van der Waals surface area contributed by atoms with Gasteiger partial charge in [0.05, 0.1) is 40.2 Å². The number of aromatic nitrogens is 5. The molecule has 2 N–H and O–H groups in total. The van der Waals surface area contributed by atoms with E-state index < -0.39 is 6.17 Å². The normalized spacial score (nSPS) is 25.6. The Balaban J connectivity index is 1.43. The quantitative estimate of drug-likeness (QED) is 0.681. The number of benzene rings is 1. The maximum absolute atomic E-state index is 14.9. The van der Waals surface area contributed by atoms with Gasteiger partial charge in [0.25, 0.3) is 0 Å². The van der Waals surface area contributed by atoms with Gasteiger partial charge in [-0.3, -0.25) is 0 Å². The van der Waals surface area contributed by atoms with Crippen LogP contribution in [0.4, 0.5) is 10.2 Å². The Bertz CT molecular complexity index is 1110. The summed E-state index contributed by atoms with van der Waals surface area (Å²) in [7, 11) is 1.83. The number of halogens is 1. The Hall–Kier alpha value is -2.94. The third-order valence-electron chi connectivity index (χ3n) is 6.40. The number of rotatable bonds is 3. The van der Waals surface area contributed by atoms with Crippen LogP contribution in [0.3, 0.4) is 0 Å². The van der Waals surface area contributed by atoms with E-state index in [-0.39, 0.29) is 23.7 Å². The largest absolute Gasteiger partial charge is 0.507 e. The first-order valence-electron chi connectivity index (χ1n) is 10.2. The van der Waals surface area contributed by atoms with E-state index >= 15 is 0 Å². The number of aryl methyl sites for hydroxylation is 2. The number of alkyl halides is 1. The molecule has 30 heavy (non-hydrogen) atoms. The van der Waals surface area contributed by atoms with Crippen LogP contribution in [0.1, 0.15) is 30.7 Å². The monoisotopic (exact) mass is 409 g/mol. The minimum atomic E-state index is -0.954. The van der Waals surface area contributed by atoms with Crippen molar-refractivity contribution in [2.75, 3.05) is 11.9 Å². The molecule has 0 spiro atoms. The van der Waals surface area contributed by atoms with Gasteiger partial charge in [-0.2, -0.15) is 0 Å². The molecule has 2 aliphatic rings. The van der Waals surface area contributed by atoms with Gasteiger partial charge in [0.15, 0.2) is 11.6 Å². The minimum Gasteiger partial charge on any atom is -0.507 e. The van der Waals surface area contributed by atoms with Crippen LogP contribution in [0.5, 0.6) is 5.75 Å². The molecular formula is C21H24FN7O. The molecule has 2 aliphatic heterocycles. The number of phenolic OH excluding ortho intramolecular Hbond substituents is 1. The summed E-state index contributed by atoms with van der Waals surface area (Å²) in [6, 6.07) is 3.30. The van der Waals surface area contributed by atoms with Crippen molar-refractivity contribution in [2.24, 2.45) is 0 Å². The molecule has 8 nitrogen and oxygen atoms in total. The molecule has 1 unspecified atom stereocenters. The first-order chi connectivity index (χ1) is 14.4. The average Bonchev–Trinajstić information content (AvgIpc) is 3.15. The summed E-state index contributed by atoms with van der Waals surface area (Å²) >= 11 is 0. The Morgan fingerprint density at radius 1 is 1.10 bits per heavy atom. The second-order valence-corrected chi connectivity index (χ2v) is 8.30. The number of fused-ring (bicyclic) bond motifs is 3. The average molecular weight is 409 g/mol. The van der Waals surface area contributed by atoms with Crippen molar-refractivity contribution in [3.8, 4) is 17.1 Å². The highest BCUT2D eigenvalue weighted by Gasteiger charge is 2.43. The first-order valence-corrected chi connectivity index (χ1v) is 10.2. The van der Waals surface area contributed by atoms with E-state index in [0.717, 1.165) is 30.7 Å². The minimum absolute atomic E-state index is 0.0155. The number of hydrogen-bond acceptors (Lipinski definition) is 8. The lowest BCUT2D eigenvalue weighted by Crippen LogP contribution is -2.55. The van der Waals surface area contributed by atoms with Crippen LogP contribution in [-0.2, 0) is 0 Å². The Morgan fingerprint density at radius 2 is 1.83 bits per heavy atom. The molecule has 1 aromatic carbocycles. The fourth-order valence-electron chi connectivity index (χ4n) is 4.52. The number of nitrogens with one attached hydrogen (secondary N) is 1. The first kappa shape index (κ1) is 19.0. The predicted molar refractivity (Wildman–Crippen MR) is 111 cm³/mol. The fourth-order valence-corrected chi connectivity index (χ4v) is 4.52. The Kier molecular flexibility index (Phi) is 4.50. The highest BCUT2D eigenvalue weighted by Crippen LogP contribution is 2.34. The van der Waals surface area contributed by atoms with E-state index in [1.54, 1.807) is 18.3 Å². The zero-order valence-electron chi connectivity index (χ0n) is 17.2. The van der Waals surface area contributed by atoms with E-state index in [1.807, 2.05) is 25.8 Å². The number of phenols is 1. The Morgan fingerprint density at radius 3 is 2.53 bits per heavy atom. The van der Waals surface area contributed by atoms with Crippen LogP contribution < -0.4 is 10.2 Å². The van der Waals surface area contributed by atoms with Crippen molar-refractivity contribution >= 4 is 16.9 Å². The van der Waals surface area contributed by atoms with E-state index in [2.05, 4.69) is 30.5 Å². The van der Waals surface area contributed by atoms with Gasteiger partial charge < -0.3 is 15.3 Å². The molecule has 0 aliphatic carbocycles. The van der Waals surface area contributed by atoms with Crippen molar-refractivity contribution in [3.05, 3.63) is 29.7 Å². The number of anilines is 1. The summed E-state index contributed by atoms with van der Waals surface area (Å²) in [4.78, 5) is 15.2. The Labute approximate surface area is 173 Å². The molecule has 2 fully saturated rings. The van der Waals surface area contributed by atoms with E-state index in [9.17, 15) is 9.50 Å². The SMILES string of the molecule is Cc1nc2cc(O)c(-c3ncc(N(C)[C@@H]4C[C@H]5CCC(N5)[C@@H]4F)nn3)cc2nc1C. The lowest BCUT2D eigenvalue weighted by molar-refractivity contribution is 0.176. The maximum atomic E-state index is 14.9. The number of nitrogens with zero attached hydrogens (tertiary/aromatic N) is 6. The number of piperidine rings is 1. The number of hydrogen-bond donors (Lipinski definition) is 2. The fraction of sp³-hybridized carbons (Fsp3) is 0.476. The van der Waals surface area contributed by atoms with Crippen molar-refractivity contribution < 1.29 is 9.50 Å². The third-order valence-corrected chi connectivity index (χ3v) is 6.40. The van der Waals surface area contributed by atoms with Gasteiger partial charge in [-0.1, -0.05) is 0 Å². The summed E-state index contributed by atoms with van der Waals surface area (Å²) in [6.07, 6.45) is 3.25. The summed E-state index contributed by atoms with van der Waals surface area (Å²) in [5.74, 6) is 0.815. The molecule has 156 valence electrons. The topological polar surface area (TPSA) is 100.0 Å². The summed E-state index contributed by atoms with van der Waals surface area (Å²) < 4.78 is 14.9. The molecule has 2 bridgehead atoms. The van der Waals surface area contributed by atoms with Crippen LogP contribution in [0.15, 0.2) is 18.3 Å². The molecule has 0 amide bonds. The van der Waals surface area contributed by atoms with Crippen LogP contribution in [0.2, 0.25) is 0 Å². The molecular weight excluding hydrogens is 385 g/mol. The molecule has 5 rings (SSSR count). The van der Waals surface area contributed by atoms with E-state index in [4.69, 9.17) is 0 Å². The number of aromatic hydroxyl groups is 1. The summed E-state index contributed by atoms with van der Waals surface area (Å²) in [5.41, 5.74) is 3.34. The second kappa shape index (κ2) is 7.09. The van der Waals surface area contributed by atoms with Gasteiger partial charge >= 0.3 is 0 Å².